The zero-order chi connectivity index (χ0) is 34.3. The number of amides is 4. The van der Waals surface area contributed by atoms with Gasteiger partial charge in [-0.05, 0) is 82.0 Å². The van der Waals surface area contributed by atoms with Crippen LogP contribution in [0.4, 0.5) is 0 Å². The molecule has 2 fully saturated rings. The molecule has 256 valence electrons. The fourth-order valence-electron chi connectivity index (χ4n) is 6.59. The molecule has 0 aromatic heterocycles. The highest BCUT2D eigenvalue weighted by Crippen LogP contribution is 2.27. The molecule has 0 aliphatic carbocycles. The average molecular weight is 658 g/mol. The van der Waals surface area contributed by atoms with Gasteiger partial charge in [0.05, 0.1) is 12.1 Å². The van der Waals surface area contributed by atoms with E-state index in [1.165, 1.54) is 0 Å². The third-order valence-electron chi connectivity index (χ3n) is 9.34. The monoisotopic (exact) mass is 657 g/mol. The predicted octanol–water partition coefficient (Wildman–Crippen LogP) is 5.17. The van der Waals surface area contributed by atoms with Gasteiger partial charge in [-0.25, -0.2) is 0 Å². The third kappa shape index (κ3) is 9.57. The molecule has 46 heavy (non-hydrogen) atoms. The third-order valence-corrected chi connectivity index (χ3v) is 9.59. The van der Waals surface area contributed by atoms with E-state index >= 15 is 0 Å². The number of benzene rings is 1. The highest BCUT2D eigenvalue weighted by molar-refractivity contribution is 6.30. The number of hydrogen-bond donors (Lipinski definition) is 2. The first-order valence-corrected chi connectivity index (χ1v) is 17.2. The van der Waals surface area contributed by atoms with E-state index < -0.39 is 17.5 Å². The Morgan fingerprint density at radius 3 is 2.17 bits per heavy atom. The van der Waals surface area contributed by atoms with Crippen LogP contribution in [0, 0.1) is 11.3 Å². The molecule has 2 aliphatic rings. The smallest absolute Gasteiger partial charge is 0.249 e. The maximum Gasteiger partial charge on any atom is 0.249 e. The number of halogens is 1. The first-order chi connectivity index (χ1) is 21.5. The van der Waals surface area contributed by atoms with Crippen LogP contribution in [0.5, 0.6) is 0 Å². The van der Waals surface area contributed by atoms with E-state index in [0.717, 1.165) is 37.8 Å². The van der Waals surface area contributed by atoms with Gasteiger partial charge in [-0.3, -0.25) is 24.1 Å². The standard InChI is InChI=1S/C36H56ClN5O4/c1-23(2)30(40(9)35(46)31(36(6,7)8)39-33(44)29-13-10-11-19-41(29)24(3)4)21-25(5)34(45)42-20-12-14-28(42)32(43)38-22-26-15-17-27(37)18-16-26/h15-18,21,23-24,28-31H,10-14,19-20,22H2,1-9H3,(H,38,43)(H,39,44)/t28-,29+,30+,31+/m0/s1. The second-order valence-corrected chi connectivity index (χ2v) is 15.1. The number of carbonyl (C=O) groups is 4. The molecule has 1 aromatic carbocycles. The zero-order valence-electron chi connectivity index (χ0n) is 29.4. The van der Waals surface area contributed by atoms with Gasteiger partial charge in [0, 0.05) is 36.8 Å². The molecule has 10 heteroatoms. The number of hydrogen-bond acceptors (Lipinski definition) is 5. The predicted molar refractivity (Wildman–Crippen MR) is 184 cm³/mol. The highest BCUT2D eigenvalue weighted by atomic mass is 35.5. The van der Waals surface area contributed by atoms with Crippen LogP contribution in [-0.4, -0.2) is 88.7 Å². The average Bonchev–Trinajstić information content (AvgIpc) is 3.50. The Hall–Kier alpha value is -2.91. The van der Waals surface area contributed by atoms with Gasteiger partial charge in [0.1, 0.15) is 12.1 Å². The number of piperidine rings is 1. The molecule has 0 radical (unpaired) electrons. The van der Waals surface area contributed by atoms with E-state index in [1.807, 2.05) is 52.8 Å². The molecule has 0 spiro atoms. The minimum Gasteiger partial charge on any atom is -0.350 e. The van der Waals surface area contributed by atoms with E-state index in [1.54, 1.807) is 35.9 Å². The molecule has 1 aromatic rings. The summed E-state index contributed by atoms with van der Waals surface area (Å²) in [5.74, 6) is -0.683. The Labute approximate surface area is 281 Å². The maximum absolute atomic E-state index is 14.1. The second-order valence-electron chi connectivity index (χ2n) is 14.7. The molecule has 2 aliphatic heterocycles. The summed E-state index contributed by atoms with van der Waals surface area (Å²) in [5, 5.41) is 6.73. The van der Waals surface area contributed by atoms with Gasteiger partial charge in [0.2, 0.25) is 23.6 Å². The van der Waals surface area contributed by atoms with Crippen LogP contribution in [0.25, 0.3) is 0 Å². The fraction of sp³-hybridized carbons (Fsp3) is 0.667. The van der Waals surface area contributed by atoms with Gasteiger partial charge in [-0.15, -0.1) is 0 Å². The normalized spacial score (nSPS) is 20.9. The van der Waals surface area contributed by atoms with Crippen molar-refractivity contribution in [2.75, 3.05) is 20.1 Å². The molecule has 4 atom stereocenters. The SMILES string of the molecule is CC(=C[C@H](C(C)C)N(C)C(=O)[C@@H](NC(=O)[C@H]1CCCCN1C(C)C)C(C)(C)C)C(=O)N1CCC[C@H]1C(=O)NCc1ccc(Cl)cc1. The Bertz CT molecular complexity index is 1260. The topological polar surface area (TPSA) is 102 Å². The minimum atomic E-state index is -0.737. The summed E-state index contributed by atoms with van der Waals surface area (Å²) in [6.45, 7) is 17.6. The molecule has 2 N–H and O–H groups in total. The molecule has 0 unspecified atom stereocenters. The minimum absolute atomic E-state index is 0.000142. The van der Waals surface area contributed by atoms with E-state index in [-0.39, 0.29) is 47.7 Å². The van der Waals surface area contributed by atoms with E-state index in [9.17, 15) is 19.2 Å². The number of likely N-dealkylation sites (tertiary alicyclic amines) is 2. The molecule has 3 rings (SSSR count). The van der Waals surface area contributed by atoms with Crippen LogP contribution in [-0.2, 0) is 25.7 Å². The number of nitrogens with zero attached hydrogens (tertiary/aromatic N) is 3. The van der Waals surface area contributed by atoms with Crippen LogP contribution >= 0.6 is 11.6 Å². The summed E-state index contributed by atoms with van der Waals surface area (Å²) in [5.41, 5.74) is 0.885. The molecule has 2 saturated heterocycles. The molecule has 2 heterocycles. The zero-order valence-corrected chi connectivity index (χ0v) is 30.1. The van der Waals surface area contributed by atoms with Gasteiger partial charge in [-0.1, -0.05) is 70.8 Å². The first kappa shape index (κ1) is 37.5. The number of carbonyl (C=O) groups excluding carboxylic acids is 4. The summed E-state index contributed by atoms with van der Waals surface area (Å²) < 4.78 is 0. The van der Waals surface area contributed by atoms with E-state index in [0.29, 0.717) is 30.1 Å². The van der Waals surface area contributed by atoms with Gasteiger partial charge in [0.25, 0.3) is 0 Å². The van der Waals surface area contributed by atoms with E-state index in [2.05, 4.69) is 29.4 Å². The largest absolute Gasteiger partial charge is 0.350 e. The number of rotatable bonds is 11. The lowest BCUT2D eigenvalue weighted by atomic mass is 9.84. The molecular weight excluding hydrogens is 602 g/mol. The Morgan fingerprint density at radius 1 is 0.957 bits per heavy atom. The molecule has 0 saturated carbocycles. The lowest BCUT2D eigenvalue weighted by Crippen LogP contribution is -2.60. The maximum atomic E-state index is 14.1. The van der Waals surface area contributed by atoms with Crippen LogP contribution in [0.2, 0.25) is 5.02 Å². The van der Waals surface area contributed by atoms with Crippen LogP contribution in [0.3, 0.4) is 0 Å². The van der Waals surface area contributed by atoms with Crippen LogP contribution in [0.1, 0.15) is 93.1 Å². The Kier molecular flexibility index (Phi) is 13.3. The van der Waals surface area contributed by atoms with Crippen molar-refractivity contribution in [3.63, 3.8) is 0 Å². The Morgan fingerprint density at radius 2 is 1.59 bits per heavy atom. The molecular formula is C36H56ClN5O4. The lowest BCUT2D eigenvalue weighted by Gasteiger charge is -2.41. The van der Waals surface area contributed by atoms with Crippen molar-refractivity contribution in [1.82, 2.24) is 25.3 Å². The van der Waals surface area contributed by atoms with Crippen molar-refractivity contribution in [2.45, 2.75) is 124 Å². The lowest BCUT2D eigenvalue weighted by molar-refractivity contribution is -0.142. The van der Waals surface area contributed by atoms with Crippen LogP contribution in [0.15, 0.2) is 35.9 Å². The second kappa shape index (κ2) is 16.3. The van der Waals surface area contributed by atoms with Crippen molar-refractivity contribution in [2.24, 2.45) is 11.3 Å². The fourth-order valence-corrected chi connectivity index (χ4v) is 6.71. The summed E-state index contributed by atoms with van der Waals surface area (Å²) in [6.07, 6.45) is 6.02. The van der Waals surface area contributed by atoms with Crippen molar-refractivity contribution < 1.29 is 19.2 Å². The van der Waals surface area contributed by atoms with Crippen molar-refractivity contribution in [3.8, 4) is 0 Å². The summed E-state index contributed by atoms with van der Waals surface area (Å²) >= 11 is 5.98. The van der Waals surface area contributed by atoms with Crippen LogP contribution < -0.4 is 10.6 Å². The van der Waals surface area contributed by atoms with Gasteiger partial charge in [-0.2, -0.15) is 0 Å². The quantitative estimate of drug-likeness (QED) is 0.320. The summed E-state index contributed by atoms with van der Waals surface area (Å²) in [6, 6.07) is 5.60. The number of nitrogens with one attached hydrogen (secondary N) is 2. The molecule has 0 bridgehead atoms. The summed E-state index contributed by atoms with van der Waals surface area (Å²) in [7, 11) is 1.75. The van der Waals surface area contributed by atoms with Crippen molar-refractivity contribution in [3.05, 3.63) is 46.5 Å². The Balaban J connectivity index is 1.74. The molecule has 9 nitrogen and oxygen atoms in total. The van der Waals surface area contributed by atoms with Gasteiger partial charge < -0.3 is 20.4 Å². The van der Waals surface area contributed by atoms with Crippen molar-refractivity contribution in [1.29, 1.82) is 0 Å². The summed E-state index contributed by atoms with van der Waals surface area (Å²) in [4.78, 5) is 60.2. The van der Waals surface area contributed by atoms with E-state index in [4.69, 9.17) is 11.6 Å². The van der Waals surface area contributed by atoms with Gasteiger partial charge in [0.15, 0.2) is 0 Å². The van der Waals surface area contributed by atoms with Crippen molar-refractivity contribution >= 4 is 35.2 Å². The highest BCUT2D eigenvalue weighted by Gasteiger charge is 2.40. The first-order valence-electron chi connectivity index (χ1n) is 16.9. The number of likely N-dealkylation sites (N-methyl/N-ethyl adjacent to an activating group) is 1. The molecule has 4 amide bonds. The van der Waals surface area contributed by atoms with Gasteiger partial charge >= 0.3 is 0 Å².